The maximum atomic E-state index is 10.5. The molecule has 0 amide bonds. The third kappa shape index (κ3) is 4.39. The first-order valence-corrected chi connectivity index (χ1v) is 6.90. The van der Waals surface area contributed by atoms with Crippen LogP contribution in [0.2, 0.25) is 0 Å². The predicted octanol–water partition coefficient (Wildman–Crippen LogP) is 1.95. The Balaban J connectivity index is 1.93. The summed E-state index contributed by atoms with van der Waals surface area (Å²) < 4.78 is 1.67. The summed E-state index contributed by atoms with van der Waals surface area (Å²) in [4.78, 5) is 17.1. The number of nitrogens with zero attached hydrogens (tertiary/aromatic N) is 4. The molecular weight excluding hydrogens is 268 g/mol. The fraction of sp³-hybridized carbons (Fsp3) is 0.400. The highest BCUT2D eigenvalue weighted by Crippen LogP contribution is 2.18. The summed E-state index contributed by atoms with van der Waals surface area (Å²) in [5, 5.41) is 12.9. The second-order valence-electron chi connectivity index (χ2n) is 5.10. The number of carboxylic acid groups (broad SMARTS) is 1. The zero-order chi connectivity index (χ0) is 15.2. The Morgan fingerprint density at radius 1 is 1.48 bits per heavy atom. The van der Waals surface area contributed by atoms with Gasteiger partial charge in [0.05, 0.1) is 24.9 Å². The quantitative estimate of drug-likeness (QED) is 0.843. The molecule has 2 aromatic rings. The van der Waals surface area contributed by atoms with Crippen LogP contribution in [0.25, 0.3) is 0 Å². The summed E-state index contributed by atoms with van der Waals surface area (Å²) in [6.45, 7) is 3.25. The van der Waals surface area contributed by atoms with Crippen molar-refractivity contribution < 1.29 is 9.90 Å². The average molecular weight is 288 g/mol. The van der Waals surface area contributed by atoms with E-state index in [1.165, 1.54) is 0 Å². The molecule has 0 aliphatic heterocycles. The fourth-order valence-corrected chi connectivity index (χ4v) is 2.09. The van der Waals surface area contributed by atoms with Gasteiger partial charge < -0.3 is 5.11 Å². The first kappa shape index (κ1) is 15.2. The summed E-state index contributed by atoms with van der Waals surface area (Å²) in [6.07, 6.45) is 5.55. The van der Waals surface area contributed by atoms with Gasteiger partial charge in [-0.25, -0.2) is 0 Å². The Kier molecular flexibility index (Phi) is 5.05. The standard InChI is InChI=1S/C15H20N4O2/c1-12(14-5-3-4-7-16-14)18(2)10-13-9-17-19(11-13)8-6-15(20)21/h3-5,7,9,11-12H,6,8,10H2,1-2H3,(H,20,21)/t12-/m0/s1. The third-order valence-electron chi connectivity index (χ3n) is 3.45. The molecule has 2 aromatic heterocycles. The van der Waals surface area contributed by atoms with E-state index in [1.807, 2.05) is 31.4 Å². The monoisotopic (exact) mass is 288 g/mol. The van der Waals surface area contributed by atoms with Crippen molar-refractivity contribution in [1.82, 2.24) is 19.7 Å². The van der Waals surface area contributed by atoms with E-state index < -0.39 is 5.97 Å². The highest BCUT2D eigenvalue weighted by atomic mass is 16.4. The number of aromatic nitrogens is 3. The first-order chi connectivity index (χ1) is 10.1. The SMILES string of the molecule is C[C@@H](c1ccccn1)N(C)Cc1cnn(CCC(=O)O)c1. The van der Waals surface area contributed by atoms with Gasteiger partial charge in [0.2, 0.25) is 0 Å². The van der Waals surface area contributed by atoms with Crippen molar-refractivity contribution in [2.75, 3.05) is 7.05 Å². The predicted molar refractivity (Wildman–Crippen MR) is 78.6 cm³/mol. The Bertz CT molecular complexity index is 582. The smallest absolute Gasteiger partial charge is 0.305 e. The lowest BCUT2D eigenvalue weighted by Gasteiger charge is -2.23. The van der Waals surface area contributed by atoms with Gasteiger partial charge in [0.25, 0.3) is 0 Å². The number of carbonyl (C=O) groups is 1. The van der Waals surface area contributed by atoms with Crippen LogP contribution < -0.4 is 0 Å². The van der Waals surface area contributed by atoms with Gasteiger partial charge in [-0.2, -0.15) is 5.10 Å². The molecule has 21 heavy (non-hydrogen) atoms. The number of aryl methyl sites for hydroxylation is 1. The lowest BCUT2D eigenvalue weighted by atomic mass is 10.2. The van der Waals surface area contributed by atoms with Gasteiger partial charge in [-0.15, -0.1) is 0 Å². The minimum atomic E-state index is -0.812. The molecule has 0 aromatic carbocycles. The average Bonchev–Trinajstić information content (AvgIpc) is 2.92. The number of rotatable bonds is 7. The van der Waals surface area contributed by atoms with E-state index in [1.54, 1.807) is 17.1 Å². The molecule has 2 heterocycles. The lowest BCUT2D eigenvalue weighted by molar-refractivity contribution is -0.137. The molecule has 0 aliphatic rings. The van der Waals surface area contributed by atoms with Gasteiger partial charge >= 0.3 is 5.97 Å². The van der Waals surface area contributed by atoms with E-state index in [9.17, 15) is 4.79 Å². The normalized spacial score (nSPS) is 12.5. The Labute approximate surface area is 124 Å². The minimum absolute atomic E-state index is 0.0846. The van der Waals surface area contributed by atoms with Gasteiger partial charge in [0.15, 0.2) is 0 Å². The maximum absolute atomic E-state index is 10.5. The molecule has 1 atom stereocenters. The highest BCUT2D eigenvalue weighted by molar-refractivity contribution is 5.66. The minimum Gasteiger partial charge on any atom is -0.481 e. The van der Waals surface area contributed by atoms with Crippen LogP contribution in [0.4, 0.5) is 0 Å². The highest BCUT2D eigenvalue weighted by Gasteiger charge is 2.13. The van der Waals surface area contributed by atoms with Crippen LogP contribution >= 0.6 is 0 Å². The van der Waals surface area contributed by atoms with E-state index in [0.29, 0.717) is 6.54 Å². The van der Waals surface area contributed by atoms with E-state index >= 15 is 0 Å². The number of hydrogen-bond donors (Lipinski definition) is 1. The van der Waals surface area contributed by atoms with Gasteiger partial charge in [-0.3, -0.25) is 19.4 Å². The second-order valence-corrected chi connectivity index (χ2v) is 5.10. The van der Waals surface area contributed by atoms with Crippen LogP contribution in [0, 0.1) is 0 Å². The van der Waals surface area contributed by atoms with E-state index in [0.717, 1.165) is 17.8 Å². The van der Waals surface area contributed by atoms with Crippen molar-refractivity contribution in [3.8, 4) is 0 Å². The van der Waals surface area contributed by atoms with Crippen molar-refractivity contribution in [3.63, 3.8) is 0 Å². The van der Waals surface area contributed by atoms with Gasteiger partial charge in [-0.05, 0) is 26.1 Å². The maximum Gasteiger partial charge on any atom is 0.305 e. The van der Waals surface area contributed by atoms with E-state index in [2.05, 4.69) is 21.9 Å². The molecule has 0 unspecified atom stereocenters. The second kappa shape index (κ2) is 6.99. The third-order valence-corrected chi connectivity index (χ3v) is 3.45. The molecule has 0 radical (unpaired) electrons. The molecule has 0 saturated carbocycles. The van der Waals surface area contributed by atoms with E-state index in [-0.39, 0.29) is 12.5 Å². The van der Waals surface area contributed by atoms with Crippen molar-refractivity contribution >= 4 is 5.97 Å². The lowest BCUT2D eigenvalue weighted by Crippen LogP contribution is -2.22. The van der Waals surface area contributed by atoms with Crippen LogP contribution in [-0.2, 0) is 17.9 Å². The fourth-order valence-electron chi connectivity index (χ4n) is 2.09. The molecule has 0 spiro atoms. The Hall–Kier alpha value is -2.21. The van der Waals surface area contributed by atoms with Gasteiger partial charge in [0.1, 0.15) is 0 Å². The van der Waals surface area contributed by atoms with Crippen molar-refractivity contribution in [1.29, 1.82) is 0 Å². The number of pyridine rings is 1. The first-order valence-electron chi connectivity index (χ1n) is 6.90. The summed E-state index contributed by atoms with van der Waals surface area (Å²) in [5.74, 6) is -0.812. The molecule has 0 aliphatic carbocycles. The van der Waals surface area contributed by atoms with Crippen LogP contribution in [-0.4, -0.2) is 37.8 Å². The summed E-state index contributed by atoms with van der Waals surface area (Å²) in [5.41, 5.74) is 2.09. The van der Waals surface area contributed by atoms with Crippen LogP contribution in [0.1, 0.15) is 30.6 Å². The zero-order valence-corrected chi connectivity index (χ0v) is 12.3. The zero-order valence-electron chi connectivity index (χ0n) is 12.3. The molecule has 0 saturated heterocycles. The number of hydrogen-bond acceptors (Lipinski definition) is 4. The molecule has 6 nitrogen and oxygen atoms in total. The van der Waals surface area contributed by atoms with Crippen LogP contribution in [0.3, 0.4) is 0 Å². The van der Waals surface area contributed by atoms with Crippen LogP contribution in [0.15, 0.2) is 36.8 Å². The van der Waals surface area contributed by atoms with E-state index in [4.69, 9.17) is 5.11 Å². The molecule has 2 rings (SSSR count). The molecule has 6 heteroatoms. The number of carboxylic acids is 1. The van der Waals surface area contributed by atoms with Gasteiger partial charge in [0, 0.05) is 30.5 Å². The Morgan fingerprint density at radius 2 is 2.29 bits per heavy atom. The summed E-state index contributed by atoms with van der Waals surface area (Å²) in [6, 6.07) is 6.10. The molecule has 0 fully saturated rings. The van der Waals surface area contributed by atoms with Crippen molar-refractivity contribution in [3.05, 3.63) is 48.0 Å². The summed E-state index contributed by atoms with van der Waals surface area (Å²) >= 11 is 0. The van der Waals surface area contributed by atoms with Crippen molar-refractivity contribution in [2.45, 2.75) is 32.5 Å². The number of aliphatic carboxylic acids is 1. The summed E-state index contributed by atoms with van der Waals surface area (Å²) in [7, 11) is 2.04. The molecular formula is C15H20N4O2. The topological polar surface area (TPSA) is 71.2 Å². The molecule has 1 N–H and O–H groups in total. The molecule has 112 valence electrons. The Morgan fingerprint density at radius 3 is 2.95 bits per heavy atom. The largest absolute Gasteiger partial charge is 0.481 e. The molecule has 0 bridgehead atoms. The van der Waals surface area contributed by atoms with Crippen LogP contribution in [0.5, 0.6) is 0 Å². The van der Waals surface area contributed by atoms with Gasteiger partial charge in [-0.1, -0.05) is 6.07 Å². The van der Waals surface area contributed by atoms with Crippen molar-refractivity contribution in [2.24, 2.45) is 0 Å².